The zero-order chi connectivity index (χ0) is 6.06. The number of hydrogen-bond acceptors (Lipinski definition) is 2. The highest BCUT2D eigenvalue weighted by molar-refractivity contribution is 5.69. The van der Waals surface area contributed by atoms with Crippen LogP contribution in [0.4, 0.5) is 0 Å². The second-order valence-corrected chi connectivity index (χ2v) is 3.64. The van der Waals surface area contributed by atoms with E-state index in [4.69, 9.17) is 0 Å². The lowest BCUT2D eigenvalue weighted by atomic mass is 10.1. The summed E-state index contributed by atoms with van der Waals surface area (Å²) in [6.07, 6.45) is 1.20. The van der Waals surface area contributed by atoms with Crippen molar-refractivity contribution in [3.63, 3.8) is 0 Å². The molecule has 4 fully saturated rings. The minimum absolute atomic E-state index is 0.181. The van der Waals surface area contributed by atoms with Crippen LogP contribution in [0.2, 0.25) is 0 Å². The molecule has 4 rings (SSSR count). The quantitative estimate of drug-likeness (QED) is 0.448. The zero-order valence-corrected chi connectivity index (χ0v) is 5.21. The summed E-state index contributed by atoms with van der Waals surface area (Å²) < 4.78 is 0. The summed E-state index contributed by atoms with van der Waals surface area (Å²) in [6.45, 7) is 3.50. The number of carbonyl (C=O) groups is 1. The Labute approximate surface area is 53.8 Å². The van der Waals surface area contributed by atoms with Crippen LogP contribution in [-0.4, -0.2) is 30.8 Å². The maximum atomic E-state index is 10.6. The molecular formula is C7H9NO. The molecule has 0 aromatic heterocycles. The van der Waals surface area contributed by atoms with Gasteiger partial charge in [-0.15, -0.1) is 0 Å². The van der Waals surface area contributed by atoms with Gasteiger partial charge < -0.3 is 9.69 Å². The molecule has 1 saturated carbocycles. The van der Waals surface area contributed by atoms with Gasteiger partial charge in [-0.05, 0) is 11.8 Å². The number of carbonyl (C=O) groups excluding carboxylic acids is 1. The normalized spacial score (nSPS) is 66.4. The first-order chi connectivity index (χ1) is 4.37. The molecule has 2 nitrogen and oxygen atoms in total. The molecule has 4 atom stereocenters. The highest BCUT2D eigenvalue weighted by atomic mass is 16.1. The molecule has 0 aromatic carbocycles. The Morgan fingerprint density at radius 3 is 2.33 bits per heavy atom. The van der Waals surface area contributed by atoms with E-state index in [1.807, 2.05) is 0 Å². The van der Waals surface area contributed by atoms with Crippen molar-refractivity contribution in [1.82, 2.24) is 4.90 Å². The van der Waals surface area contributed by atoms with E-state index in [1.165, 1.54) is 19.4 Å². The fraction of sp³-hybridized carbons (Fsp3) is 0.857. The highest BCUT2D eigenvalue weighted by Crippen LogP contribution is 2.67. The standard InChI is InChI=1S/C7H9NO/c9-4-7-3-8-1-5(7)6(7)2-8/h4-6H,1-3H2/t5-,6+,7?. The fourth-order valence-corrected chi connectivity index (χ4v) is 2.82. The Kier molecular flexibility index (Phi) is 0.477. The van der Waals surface area contributed by atoms with Crippen LogP contribution >= 0.6 is 0 Å². The first kappa shape index (κ1) is 4.45. The van der Waals surface area contributed by atoms with Crippen LogP contribution in [0.15, 0.2) is 0 Å². The fourth-order valence-electron chi connectivity index (χ4n) is 2.82. The molecule has 2 unspecified atom stereocenters. The topological polar surface area (TPSA) is 20.3 Å². The number of rotatable bonds is 1. The summed E-state index contributed by atoms with van der Waals surface area (Å²) in [5.41, 5.74) is 0.181. The maximum Gasteiger partial charge on any atom is 0.128 e. The minimum Gasteiger partial charge on any atom is -0.303 e. The lowest BCUT2D eigenvalue weighted by molar-refractivity contribution is -0.112. The summed E-state index contributed by atoms with van der Waals surface area (Å²) in [4.78, 5) is 13.0. The van der Waals surface area contributed by atoms with Crippen LogP contribution in [0.3, 0.4) is 0 Å². The van der Waals surface area contributed by atoms with Crippen LogP contribution in [-0.2, 0) is 4.79 Å². The molecule has 0 N–H and O–H groups in total. The molecule has 0 radical (unpaired) electrons. The molecule has 3 saturated heterocycles. The molecule has 0 amide bonds. The molecular weight excluding hydrogens is 114 g/mol. The third-order valence-corrected chi connectivity index (χ3v) is 3.38. The van der Waals surface area contributed by atoms with Gasteiger partial charge in [0.2, 0.25) is 0 Å². The molecule has 0 aromatic rings. The van der Waals surface area contributed by atoms with Crippen LogP contribution in [0, 0.1) is 17.3 Å². The zero-order valence-electron chi connectivity index (χ0n) is 5.21. The first-order valence-electron chi connectivity index (χ1n) is 3.55. The second kappa shape index (κ2) is 0.966. The Balaban J connectivity index is 2.10. The van der Waals surface area contributed by atoms with E-state index < -0.39 is 0 Å². The first-order valence-corrected chi connectivity index (χ1v) is 3.55. The van der Waals surface area contributed by atoms with E-state index in [-0.39, 0.29) is 5.41 Å². The Hall–Kier alpha value is -0.370. The summed E-state index contributed by atoms with van der Waals surface area (Å²) >= 11 is 0. The van der Waals surface area contributed by atoms with Gasteiger partial charge in [0.15, 0.2) is 0 Å². The van der Waals surface area contributed by atoms with Gasteiger partial charge in [0, 0.05) is 25.0 Å². The number of piperidine rings is 3. The Morgan fingerprint density at radius 1 is 1.44 bits per heavy atom. The molecule has 3 heterocycles. The maximum absolute atomic E-state index is 10.6. The Morgan fingerprint density at radius 2 is 2.11 bits per heavy atom. The van der Waals surface area contributed by atoms with Gasteiger partial charge in [0.05, 0.1) is 0 Å². The van der Waals surface area contributed by atoms with Gasteiger partial charge in [-0.2, -0.15) is 0 Å². The van der Waals surface area contributed by atoms with E-state index in [2.05, 4.69) is 4.90 Å². The minimum atomic E-state index is 0.181. The van der Waals surface area contributed by atoms with Crippen LogP contribution < -0.4 is 0 Å². The van der Waals surface area contributed by atoms with Crippen molar-refractivity contribution in [2.45, 2.75) is 0 Å². The van der Waals surface area contributed by atoms with Crippen molar-refractivity contribution in [3.8, 4) is 0 Å². The lowest BCUT2D eigenvalue weighted by Gasteiger charge is -2.02. The smallest absolute Gasteiger partial charge is 0.128 e. The second-order valence-electron chi connectivity index (χ2n) is 3.64. The van der Waals surface area contributed by atoms with E-state index in [9.17, 15) is 4.79 Å². The van der Waals surface area contributed by atoms with Gasteiger partial charge in [0.1, 0.15) is 6.29 Å². The summed E-state index contributed by atoms with van der Waals surface area (Å²) in [5, 5.41) is 0. The molecule has 9 heavy (non-hydrogen) atoms. The van der Waals surface area contributed by atoms with Crippen molar-refractivity contribution in [1.29, 1.82) is 0 Å². The van der Waals surface area contributed by atoms with Crippen molar-refractivity contribution in [2.24, 2.45) is 17.3 Å². The van der Waals surface area contributed by atoms with Gasteiger partial charge >= 0.3 is 0 Å². The number of aldehydes is 1. The molecule has 1 aliphatic carbocycles. The van der Waals surface area contributed by atoms with E-state index in [1.54, 1.807) is 0 Å². The molecule has 2 heteroatoms. The van der Waals surface area contributed by atoms with E-state index in [0.717, 1.165) is 18.4 Å². The molecule has 3 aliphatic heterocycles. The summed E-state index contributed by atoms with van der Waals surface area (Å²) in [5.74, 6) is 1.55. The van der Waals surface area contributed by atoms with Crippen LogP contribution in [0.5, 0.6) is 0 Å². The van der Waals surface area contributed by atoms with E-state index >= 15 is 0 Å². The molecule has 48 valence electrons. The average Bonchev–Trinajstić information content (AvgIpc) is 2.44. The SMILES string of the molecule is O=CC12CN3C[C@@H]1[C@@H]2C3. The van der Waals surface area contributed by atoms with Crippen molar-refractivity contribution in [2.75, 3.05) is 19.6 Å². The molecule has 4 bridgehead atoms. The monoisotopic (exact) mass is 123 g/mol. The highest BCUT2D eigenvalue weighted by Gasteiger charge is 2.74. The van der Waals surface area contributed by atoms with Gasteiger partial charge in [-0.25, -0.2) is 0 Å². The predicted octanol–water partition coefficient (Wildman–Crippen LogP) is -0.253. The number of nitrogens with zero attached hydrogens (tertiary/aromatic N) is 1. The van der Waals surface area contributed by atoms with Crippen LogP contribution in [0.1, 0.15) is 0 Å². The molecule has 0 spiro atoms. The van der Waals surface area contributed by atoms with Gasteiger partial charge in [-0.3, -0.25) is 0 Å². The predicted molar refractivity (Wildman–Crippen MR) is 31.9 cm³/mol. The van der Waals surface area contributed by atoms with Crippen LogP contribution in [0.25, 0.3) is 0 Å². The average molecular weight is 123 g/mol. The molecule has 4 aliphatic rings. The summed E-state index contributed by atoms with van der Waals surface area (Å²) in [6, 6.07) is 0. The van der Waals surface area contributed by atoms with Gasteiger partial charge in [0.25, 0.3) is 0 Å². The van der Waals surface area contributed by atoms with Crippen molar-refractivity contribution in [3.05, 3.63) is 0 Å². The largest absolute Gasteiger partial charge is 0.303 e. The third kappa shape index (κ3) is 0.275. The van der Waals surface area contributed by atoms with E-state index in [0.29, 0.717) is 0 Å². The lowest BCUT2D eigenvalue weighted by Crippen LogP contribution is -2.14. The van der Waals surface area contributed by atoms with Crippen molar-refractivity contribution < 1.29 is 4.79 Å². The Bertz CT molecular complexity index is 177. The van der Waals surface area contributed by atoms with Gasteiger partial charge in [-0.1, -0.05) is 0 Å². The summed E-state index contributed by atoms with van der Waals surface area (Å²) in [7, 11) is 0. The third-order valence-electron chi connectivity index (χ3n) is 3.38. The van der Waals surface area contributed by atoms with Crippen molar-refractivity contribution >= 4 is 6.29 Å². The number of hydrogen-bond donors (Lipinski definition) is 0.